The summed E-state index contributed by atoms with van der Waals surface area (Å²) in [4.78, 5) is 11.7. The van der Waals surface area contributed by atoms with Gasteiger partial charge >= 0.3 is 0 Å². The van der Waals surface area contributed by atoms with E-state index in [0.29, 0.717) is 12.2 Å². The SMILES string of the molecule is CC1(C)[C@@]2(N)CC[C@]1(C)C(=O)C2. The van der Waals surface area contributed by atoms with Gasteiger partial charge in [-0.1, -0.05) is 20.8 Å². The Balaban J connectivity index is 2.56. The highest BCUT2D eigenvalue weighted by atomic mass is 16.1. The Kier molecular flexibility index (Phi) is 1.21. The average molecular weight is 167 g/mol. The topological polar surface area (TPSA) is 43.1 Å². The molecule has 68 valence electrons. The molecule has 2 rings (SSSR count). The first kappa shape index (κ1) is 8.24. The van der Waals surface area contributed by atoms with E-state index in [4.69, 9.17) is 5.73 Å². The summed E-state index contributed by atoms with van der Waals surface area (Å²) in [6.07, 6.45) is 2.59. The summed E-state index contributed by atoms with van der Waals surface area (Å²) in [6, 6.07) is 0. The summed E-state index contributed by atoms with van der Waals surface area (Å²) in [5.41, 5.74) is 5.88. The van der Waals surface area contributed by atoms with E-state index >= 15 is 0 Å². The number of Topliss-reactive ketones (excluding diaryl/α,β-unsaturated/α-hetero) is 1. The first-order valence-electron chi connectivity index (χ1n) is 4.66. The Bertz CT molecular complexity index is 259. The molecule has 2 heteroatoms. The van der Waals surface area contributed by atoms with Crippen LogP contribution in [-0.4, -0.2) is 11.3 Å². The number of carbonyl (C=O) groups excluding carboxylic acids is 1. The van der Waals surface area contributed by atoms with Crippen LogP contribution in [0.1, 0.15) is 40.0 Å². The zero-order chi connectivity index (χ0) is 9.20. The van der Waals surface area contributed by atoms with Gasteiger partial charge in [0, 0.05) is 17.4 Å². The molecule has 0 aromatic carbocycles. The van der Waals surface area contributed by atoms with Crippen molar-refractivity contribution in [1.82, 2.24) is 0 Å². The summed E-state index contributed by atoms with van der Waals surface area (Å²) in [5, 5.41) is 0. The maximum atomic E-state index is 11.7. The van der Waals surface area contributed by atoms with Crippen molar-refractivity contribution in [3.05, 3.63) is 0 Å². The van der Waals surface area contributed by atoms with Crippen molar-refractivity contribution in [1.29, 1.82) is 0 Å². The molecule has 0 unspecified atom stereocenters. The molecule has 0 amide bonds. The molecule has 0 spiro atoms. The first-order chi connectivity index (χ1) is 5.33. The van der Waals surface area contributed by atoms with Gasteiger partial charge in [-0.25, -0.2) is 0 Å². The van der Waals surface area contributed by atoms with Crippen molar-refractivity contribution in [3.8, 4) is 0 Å². The van der Waals surface area contributed by atoms with E-state index in [1.165, 1.54) is 0 Å². The third-order valence-corrected chi connectivity index (χ3v) is 4.79. The van der Waals surface area contributed by atoms with Crippen LogP contribution in [0.2, 0.25) is 0 Å². The van der Waals surface area contributed by atoms with E-state index in [0.717, 1.165) is 12.8 Å². The molecule has 0 aromatic rings. The van der Waals surface area contributed by atoms with Crippen LogP contribution in [0.15, 0.2) is 0 Å². The first-order valence-corrected chi connectivity index (χ1v) is 4.66. The highest BCUT2D eigenvalue weighted by Gasteiger charge is 2.68. The lowest BCUT2D eigenvalue weighted by atomic mass is 9.69. The second-order valence-corrected chi connectivity index (χ2v) is 5.21. The minimum absolute atomic E-state index is 0.00289. The van der Waals surface area contributed by atoms with E-state index < -0.39 is 0 Å². The van der Waals surface area contributed by atoms with Crippen LogP contribution in [0.5, 0.6) is 0 Å². The second-order valence-electron chi connectivity index (χ2n) is 5.21. The number of ketones is 1. The Morgan fingerprint density at radius 1 is 1.25 bits per heavy atom. The molecule has 2 bridgehead atoms. The van der Waals surface area contributed by atoms with Crippen LogP contribution in [-0.2, 0) is 4.79 Å². The van der Waals surface area contributed by atoms with Crippen molar-refractivity contribution in [2.45, 2.75) is 45.6 Å². The summed E-state index contributed by atoms with van der Waals surface area (Å²) >= 11 is 0. The fraction of sp³-hybridized carbons (Fsp3) is 0.900. The second kappa shape index (κ2) is 1.77. The summed E-state index contributed by atoms with van der Waals surface area (Å²) in [5.74, 6) is 0.376. The maximum absolute atomic E-state index is 11.7. The standard InChI is InChI=1S/C10H17NO/c1-8(2)9(3)4-5-10(8,11)6-7(9)12/h4-6,11H2,1-3H3/t9-,10-/m1/s1. The van der Waals surface area contributed by atoms with Crippen molar-refractivity contribution >= 4 is 5.78 Å². The third kappa shape index (κ3) is 0.565. The van der Waals surface area contributed by atoms with Gasteiger partial charge in [0.15, 0.2) is 0 Å². The molecule has 0 aromatic heterocycles. The smallest absolute Gasteiger partial charge is 0.141 e. The van der Waals surface area contributed by atoms with Gasteiger partial charge < -0.3 is 5.73 Å². The van der Waals surface area contributed by atoms with E-state index in [-0.39, 0.29) is 16.4 Å². The van der Waals surface area contributed by atoms with Gasteiger partial charge in [-0.3, -0.25) is 4.79 Å². The Labute approximate surface area is 73.5 Å². The number of hydrogen-bond donors (Lipinski definition) is 1. The van der Waals surface area contributed by atoms with Gasteiger partial charge in [-0.15, -0.1) is 0 Å². The van der Waals surface area contributed by atoms with Crippen molar-refractivity contribution in [2.24, 2.45) is 16.6 Å². The lowest BCUT2D eigenvalue weighted by Gasteiger charge is -2.37. The van der Waals surface area contributed by atoms with E-state index in [1.807, 2.05) is 0 Å². The normalized spacial score (nSPS) is 50.2. The Hall–Kier alpha value is -0.370. The van der Waals surface area contributed by atoms with Crippen molar-refractivity contribution in [3.63, 3.8) is 0 Å². The lowest BCUT2D eigenvalue weighted by Crippen LogP contribution is -2.47. The van der Waals surface area contributed by atoms with Crippen molar-refractivity contribution < 1.29 is 4.79 Å². The van der Waals surface area contributed by atoms with Crippen LogP contribution in [0.25, 0.3) is 0 Å². The zero-order valence-electron chi connectivity index (χ0n) is 8.11. The molecule has 2 fully saturated rings. The van der Waals surface area contributed by atoms with E-state index in [1.54, 1.807) is 0 Å². The molecule has 2 N–H and O–H groups in total. The van der Waals surface area contributed by atoms with Crippen LogP contribution < -0.4 is 5.73 Å². The highest BCUT2D eigenvalue weighted by molar-refractivity contribution is 5.91. The number of rotatable bonds is 0. The number of carbonyl (C=O) groups is 1. The van der Waals surface area contributed by atoms with Crippen LogP contribution in [0, 0.1) is 10.8 Å². The summed E-state index contributed by atoms with van der Waals surface area (Å²) < 4.78 is 0. The molecular formula is C10H17NO. The van der Waals surface area contributed by atoms with Gasteiger partial charge in [-0.2, -0.15) is 0 Å². The van der Waals surface area contributed by atoms with Crippen LogP contribution in [0.3, 0.4) is 0 Å². The van der Waals surface area contributed by atoms with Crippen LogP contribution in [0.4, 0.5) is 0 Å². The quantitative estimate of drug-likeness (QED) is 0.594. The Morgan fingerprint density at radius 2 is 1.83 bits per heavy atom. The number of fused-ring (bicyclic) bond motifs is 2. The molecule has 0 aliphatic heterocycles. The van der Waals surface area contributed by atoms with E-state index in [2.05, 4.69) is 20.8 Å². The van der Waals surface area contributed by atoms with Crippen LogP contribution >= 0.6 is 0 Å². The fourth-order valence-electron chi connectivity index (χ4n) is 2.93. The predicted molar refractivity (Wildman–Crippen MR) is 47.7 cm³/mol. The lowest BCUT2D eigenvalue weighted by molar-refractivity contribution is -0.128. The molecule has 12 heavy (non-hydrogen) atoms. The number of hydrogen-bond acceptors (Lipinski definition) is 2. The molecule has 0 saturated heterocycles. The molecule has 0 heterocycles. The summed E-state index contributed by atoms with van der Waals surface area (Å²) in [6.45, 7) is 6.37. The third-order valence-electron chi connectivity index (χ3n) is 4.79. The minimum Gasteiger partial charge on any atom is -0.324 e. The molecule has 2 aliphatic carbocycles. The van der Waals surface area contributed by atoms with Gasteiger partial charge in [0.05, 0.1) is 0 Å². The zero-order valence-corrected chi connectivity index (χ0v) is 8.11. The molecular weight excluding hydrogens is 150 g/mol. The largest absolute Gasteiger partial charge is 0.324 e. The minimum atomic E-state index is -0.209. The molecule has 2 saturated carbocycles. The van der Waals surface area contributed by atoms with Gasteiger partial charge in [0.25, 0.3) is 0 Å². The predicted octanol–water partition coefficient (Wildman–Crippen LogP) is 1.48. The fourth-order valence-corrected chi connectivity index (χ4v) is 2.93. The van der Waals surface area contributed by atoms with Crippen molar-refractivity contribution in [2.75, 3.05) is 0 Å². The Morgan fingerprint density at radius 3 is 2.00 bits per heavy atom. The molecule has 2 nitrogen and oxygen atoms in total. The number of nitrogens with two attached hydrogens (primary N) is 1. The maximum Gasteiger partial charge on any atom is 0.141 e. The average Bonchev–Trinajstić information content (AvgIpc) is 2.18. The molecule has 0 radical (unpaired) electrons. The van der Waals surface area contributed by atoms with Gasteiger partial charge in [0.2, 0.25) is 0 Å². The van der Waals surface area contributed by atoms with E-state index in [9.17, 15) is 4.79 Å². The summed E-state index contributed by atoms with van der Waals surface area (Å²) in [7, 11) is 0. The highest BCUT2D eigenvalue weighted by Crippen LogP contribution is 2.64. The van der Waals surface area contributed by atoms with Gasteiger partial charge in [-0.05, 0) is 18.3 Å². The molecule has 2 aliphatic rings. The van der Waals surface area contributed by atoms with Gasteiger partial charge in [0.1, 0.15) is 5.78 Å². The monoisotopic (exact) mass is 167 g/mol. The molecule has 2 atom stereocenters.